The van der Waals surface area contributed by atoms with Gasteiger partial charge in [-0.1, -0.05) is 0 Å². The molecule has 1 aromatic carbocycles. The van der Waals surface area contributed by atoms with Crippen LogP contribution < -0.4 is 10.2 Å². The summed E-state index contributed by atoms with van der Waals surface area (Å²) in [6.07, 6.45) is 5.04. The molecule has 0 aliphatic carbocycles. The Balaban J connectivity index is 1.59. The van der Waals surface area contributed by atoms with Gasteiger partial charge in [-0.15, -0.1) is 5.10 Å². The molecule has 4 heterocycles. The third-order valence-electron chi connectivity index (χ3n) is 6.86. The first-order valence-corrected chi connectivity index (χ1v) is 11.5. The highest BCUT2D eigenvalue weighted by atomic mass is 19.1. The van der Waals surface area contributed by atoms with Crippen molar-refractivity contribution in [3.05, 3.63) is 59.4 Å². The normalized spacial score (nSPS) is 22.9. The molecular weight excluding hydrogens is 444 g/mol. The van der Waals surface area contributed by atoms with Crippen molar-refractivity contribution in [3.8, 4) is 0 Å². The van der Waals surface area contributed by atoms with Crippen molar-refractivity contribution in [1.29, 1.82) is 0 Å². The number of hydrogen-bond acceptors (Lipinski definition) is 6. The topological polar surface area (TPSA) is 99.8 Å². The maximum absolute atomic E-state index is 14.7. The minimum atomic E-state index is -0.941. The number of nitrogens with zero attached hydrogens (tertiary/aromatic N) is 4. The SMILES string of the molecule is O=C(O)CC1CCNCC1C(=O)c1c(N2CCCC2c2cc(F)ccc2F)nn2cccnc12. The Labute approximate surface area is 194 Å². The number of anilines is 1. The van der Waals surface area contributed by atoms with E-state index in [1.54, 1.807) is 18.5 Å². The van der Waals surface area contributed by atoms with Crippen LogP contribution >= 0.6 is 0 Å². The molecule has 2 aromatic heterocycles. The van der Waals surface area contributed by atoms with Gasteiger partial charge in [0.25, 0.3) is 0 Å². The molecule has 3 atom stereocenters. The Morgan fingerprint density at radius 1 is 1.24 bits per heavy atom. The Hall–Kier alpha value is -3.40. The van der Waals surface area contributed by atoms with Crippen molar-refractivity contribution in [3.63, 3.8) is 0 Å². The molecule has 5 rings (SSSR count). The number of Topliss-reactive ketones (excluding diaryl/α,β-unsaturated/α-hetero) is 1. The lowest BCUT2D eigenvalue weighted by Gasteiger charge is -2.31. The van der Waals surface area contributed by atoms with E-state index in [2.05, 4.69) is 15.4 Å². The first-order valence-electron chi connectivity index (χ1n) is 11.5. The maximum atomic E-state index is 14.7. The highest BCUT2D eigenvalue weighted by molar-refractivity contribution is 6.08. The van der Waals surface area contributed by atoms with Gasteiger partial charge in [0, 0.05) is 43.4 Å². The Kier molecular flexibility index (Phi) is 5.99. The number of carbonyl (C=O) groups is 2. The average Bonchev–Trinajstić information content (AvgIpc) is 3.45. The molecule has 3 aromatic rings. The summed E-state index contributed by atoms with van der Waals surface area (Å²) in [5.41, 5.74) is 0.893. The van der Waals surface area contributed by atoms with Crippen LogP contribution in [0.25, 0.3) is 5.65 Å². The molecule has 0 amide bonds. The number of hydrogen-bond donors (Lipinski definition) is 2. The number of carboxylic acids is 1. The van der Waals surface area contributed by atoms with E-state index in [1.165, 1.54) is 10.6 Å². The van der Waals surface area contributed by atoms with Crippen LogP contribution in [-0.4, -0.2) is 51.1 Å². The number of benzene rings is 1. The van der Waals surface area contributed by atoms with E-state index in [-0.39, 0.29) is 23.7 Å². The zero-order chi connectivity index (χ0) is 23.8. The van der Waals surface area contributed by atoms with Gasteiger partial charge in [-0.25, -0.2) is 18.3 Å². The molecule has 2 fully saturated rings. The van der Waals surface area contributed by atoms with Crippen LogP contribution in [0.1, 0.15) is 47.6 Å². The second-order valence-electron chi connectivity index (χ2n) is 8.93. The van der Waals surface area contributed by atoms with Gasteiger partial charge in [0.2, 0.25) is 0 Å². The zero-order valence-electron chi connectivity index (χ0n) is 18.5. The second kappa shape index (κ2) is 9.09. The third kappa shape index (κ3) is 4.02. The predicted octanol–water partition coefficient (Wildman–Crippen LogP) is 3.23. The molecule has 2 N–H and O–H groups in total. The number of nitrogens with one attached hydrogen (secondary N) is 1. The molecule has 0 spiro atoms. The van der Waals surface area contributed by atoms with Crippen LogP contribution in [0.5, 0.6) is 0 Å². The van der Waals surface area contributed by atoms with E-state index in [0.717, 1.165) is 18.6 Å². The molecular formula is C24H25F2N5O3. The second-order valence-corrected chi connectivity index (χ2v) is 8.93. The predicted molar refractivity (Wildman–Crippen MR) is 120 cm³/mol. The molecule has 178 valence electrons. The summed E-state index contributed by atoms with van der Waals surface area (Å²) in [5.74, 6) is -2.70. The molecule has 2 aliphatic rings. The lowest BCUT2D eigenvalue weighted by Crippen LogP contribution is -2.42. The fourth-order valence-corrected chi connectivity index (χ4v) is 5.28. The van der Waals surface area contributed by atoms with Crippen molar-refractivity contribution >= 4 is 23.2 Å². The van der Waals surface area contributed by atoms with Crippen molar-refractivity contribution in [2.45, 2.75) is 31.7 Å². The monoisotopic (exact) mass is 469 g/mol. The van der Waals surface area contributed by atoms with E-state index in [4.69, 9.17) is 0 Å². The van der Waals surface area contributed by atoms with E-state index < -0.39 is 29.6 Å². The first-order chi connectivity index (χ1) is 16.4. The Bertz CT molecular complexity index is 1250. The largest absolute Gasteiger partial charge is 0.481 e. The molecule has 2 saturated heterocycles. The van der Waals surface area contributed by atoms with E-state index in [1.807, 2.05) is 4.90 Å². The minimum absolute atomic E-state index is 0.0963. The number of aliphatic carboxylic acids is 1. The summed E-state index contributed by atoms with van der Waals surface area (Å²) in [5, 5.41) is 17.2. The summed E-state index contributed by atoms with van der Waals surface area (Å²) in [7, 11) is 0. The van der Waals surface area contributed by atoms with Gasteiger partial charge in [0.05, 0.1) is 6.04 Å². The van der Waals surface area contributed by atoms with Gasteiger partial charge in [0.1, 0.15) is 17.2 Å². The van der Waals surface area contributed by atoms with Crippen LogP contribution in [0.4, 0.5) is 14.6 Å². The summed E-state index contributed by atoms with van der Waals surface area (Å²) in [6.45, 7) is 1.53. The molecule has 2 aliphatic heterocycles. The lowest BCUT2D eigenvalue weighted by molar-refractivity contribution is -0.138. The third-order valence-corrected chi connectivity index (χ3v) is 6.86. The molecule has 34 heavy (non-hydrogen) atoms. The average molecular weight is 469 g/mol. The van der Waals surface area contributed by atoms with E-state index in [0.29, 0.717) is 49.5 Å². The van der Waals surface area contributed by atoms with Gasteiger partial charge in [-0.05, 0) is 56.0 Å². The van der Waals surface area contributed by atoms with Crippen molar-refractivity contribution in [2.24, 2.45) is 11.8 Å². The summed E-state index contributed by atoms with van der Waals surface area (Å²) < 4.78 is 30.2. The minimum Gasteiger partial charge on any atom is -0.481 e. The number of fused-ring (bicyclic) bond motifs is 1. The quantitative estimate of drug-likeness (QED) is 0.535. The van der Waals surface area contributed by atoms with Crippen LogP contribution in [-0.2, 0) is 4.79 Å². The summed E-state index contributed by atoms with van der Waals surface area (Å²) in [4.78, 5) is 31.6. The Morgan fingerprint density at radius 3 is 2.91 bits per heavy atom. The van der Waals surface area contributed by atoms with Gasteiger partial charge in [-0.2, -0.15) is 0 Å². The molecule has 0 radical (unpaired) electrons. The van der Waals surface area contributed by atoms with Crippen molar-refractivity contribution < 1.29 is 23.5 Å². The standard InChI is InChI=1S/C24H25F2N5O3/c25-15-4-5-18(26)16(12-15)19-3-1-9-30(19)24-21(23-28-7-2-10-31(23)29-24)22(34)17-13-27-8-6-14(17)11-20(32)33/h2,4-5,7,10,12,14,17,19,27H,1,3,6,8-9,11,13H2,(H,32,33). The number of halogens is 2. The van der Waals surface area contributed by atoms with Crippen LogP contribution in [0.3, 0.4) is 0 Å². The summed E-state index contributed by atoms with van der Waals surface area (Å²) >= 11 is 0. The molecule has 0 bridgehead atoms. The number of ketones is 1. The van der Waals surface area contributed by atoms with Crippen LogP contribution in [0.2, 0.25) is 0 Å². The fourth-order valence-electron chi connectivity index (χ4n) is 5.28. The van der Waals surface area contributed by atoms with Crippen LogP contribution in [0, 0.1) is 23.5 Å². The highest BCUT2D eigenvalue weighted by Crippen LogP contribution is 2.40. The van der Waals surface area contributed by atoms with E-state index >= 15 is 0 Å². The summed E-state index contributed by atoms with van der Waals surface area (Å²) in [6, 6.07) is 4.61. The number of carboxylic acid groups (broad SMARTS) is 1. The molecule has 8 nitrogen and oxygen atoms in total. The van der Waals surface area contributed by atoms with Gasteiger partial charge in [0.15, 0.2) is 17.2 Å². The lowest BCUT2D eigenvalue weighted by atomic mass is 9.79. The Morgan fingerprint density at radius 2 is 2.09 bits per heavy atom. The number of piperidine rings is 1. The van der Waals surface area contributed by atoms with Gasteiger partial charge >= 0.3 is 5.97 Å². The van der Waals surface area contributed by atoms with Crippen LogP contribution in [0.15, 0.2) is 36.7 Å². The van der Waals surface area contributed by atoms with Crippen molar-refractivity contribution in [2.75, 3.05) is 24.5 Å². The maximum Gasteiger partial charge on any atom is 0.303 e. The zero-order valence-corrected chi connectivity index (χ0v) is 18.5. The highest BCUT2D eigenvalue weighted by Gasteiger charge is 2.39. The van der Waals surface area contributed by atoms with Gasteiger partial charge < -0.3 is 15.3 Å². The van der Waals surface area contributed by atoms with Crippen molar-refractivity contribution in [1.82, 2.24) is 19.9 Å². The number of rotatable bonds is 6. The molecule has 3 unspecified atom stereocenters. The number of carbonyl (C=O) groups excluding carboxylic acids is 1. The fraction of sp³-hybridized carbons (Fsp3) is 0.417. The number of aromatic nitrogens is 3. The van der Waals surface area contributed by atoms with E-state index in [9.17, 15) is 23.5 Å². The van der Waals surface area contributed by atoms with Gasteiger partial charge in [-0.3, -0.25) is 9.59 Å². The first kappa shape index (κ1) is 22.4. The smallest absolute Gasteiger partial charge is 0.303 e. The molecule has 10 heteroatoms. The molecule has 0 saturated carbocycles.